The molecule has 0 spiro atoms. The van der Waals surface area contributed by atoms with Gasteiger partial charge < -0.3 is 19.7 Å². The number of anilines is 2. The Morgan fingerprint density at radius 2 is 1.76 bits per heavy atom. The topological polar surface area (TPSA) is 59.5 Å². The van der Waals surface area contributed by atoms with Crippen LogP contribution >= 0.6 is 0 Å². The van der Waals surface area contributed by atoms with Crippen LogP contribution in [0.5, 0.6) is 11.5 Å². The SMILES string of the molecule is COc1ccc(CNc2ccnc(N3CCCCCC3)n2)cc1OC. The van der Waals surface area contributed by atoms with Crippen molar-refractivity contribution in [3.8, 4) is 11.5 Å². The van der Waals surface area contributed by atoms with Crippen LogP contribution in [0.2, 0.25) is 0 Å². The van der Waals surface area contributed by atoms with E-state index in [2.05, 4.69) is 20.2 Å². The van der Waals surface area contributed by atoms with Crippen LogP contribution in [0.1, 0.15) is 31.2 Å². The summed E-state index contributed by atoms with van der Waals surface area (Å²) in [6, 6.07) is 7.81. The van der Waals surface area contributed by atoms with Crippen molar-refractivity contribution in [2.24, 2.45) is 0 Å². The van der Waals surface area contributed by atoms with E-state index in [-0.39, 0.29) is 0 Å². The second-order valence-corrected chi connectivity index (χ2v) is 6.19. The summed E-state index contributed by atoms with van der Waals surface area (Å²) in [5, 5.41) is 3.37. The Labute approximate surface area is 149 Å². The number of hydrogen-bond donors (Lipinski definition) is 1. The molecule has 134 valence electrons. The highest BCUT2D eigenvalue weighted by Gasteiger charge is 2.12. The first-order valence-corrected chi connectivity index (χ1v) is 8.83. The Bertz CT molecular complexity index is 685. The van der Waals surface area contributed by atoms with Gasteiger partial charge in [-0.3, -0.25) is 0 Å². The van der Waals surface area contributed by atoms with Crippen molar-refractivity contribution in [3.05, 3.63) is 36.0 Å². The Morgan fingerprint density at radius 3 is 2.48 bits per heavy atom. The zero-order valence-corrected chi connectivity index (χ0v) is 15.0. The normalized spacial score (nSPS) is 14.7. The zero-order chi connectivity index (χ0) is 17.5. The molecule has 1 aliphatic rings. The van der Waals surface area contributed by atoms with Crippen molar-refractivity contribution in [3.63, 3.8) is 0 Å². The zero-order valence-electron chi connectivity index (χ0n) is 15.0. The van der Waals surface area contributed by atoms with Crippen LogP contribution in [0.3, 0.4) is 0 Å². The van der Waals surface area contributed by atoms with Crippen LogP contribution in [0.4, 0.5) is 11.8 Å². The van der Waals surface area contributed by atoms with Crippen LogP contribution in [0, 0.1) is 0 Å². The molecule has 3 rings (SSSR count). The standard InChI is InChI=1S/C19H26N4O2/c1-24-16-8-7-15(13-17(16)25-2)14-21-18-9-10-20-19(22-18)23-11-5-3-4-6-12-23/h7-10,13H,3-6,11-12,14H2,1-2H3,(H,20,21,22). The molecule has 1 aromatic heterocycles. The fourth-order valence-corrected chi connectivity index (χ4v) is 3.05. The molecule has 1 N–H and O–H groups in total. The molecule has 1 saturated heterocycles. The summed E-state index contributed by atoms with van der Waals surface area (Å²) < 4.78 is 10.6. The maximum atomic E-state index is 5.35. The van der Waals surface area contributed by atoms with E-state index in [1.807, 2.05) is 30.5 Å². The molecule has 6 heteroatoms. The third-order valence-electron chi connectivity index (χ3n) is 4.45. The Hall–Kier alpha value is -2.50. The van der Waals surface area contributed by atoms with E-state index in [1.54, 1.807) is 14.2 Å². The fourth-order valence-electron chi connectivity index (χ4n) is 3.05. The maximum absolute atomic E-state index is 5.35. The number of aromatic nitrogens is 2. The highest BCUT2D eigenvalue weighted by atomic mass is 16.5. The number of methoxy groups -OCH3 is 2. The summed E-state index contributed by atoms with van der Waals surface area (Å²) in [6.07, 6.45) is 6.85. The summed E-state index contributed by atoms with van der Waals surface area (Å²) >= 11 is 0. The van der Waals surface area contributed by atoms with Gasteiger partial charge in [0.2, 0.25) is 5.95 Å². The number of nitrogens with one attached hydrogen (secondary N) is 1. The van der Waals surface area contributed by atoms with Crippen molar-refractivity contribution in [1.29, 1.82) is 0 Å². The van der Waals surface area contributed by atoms with E-state index in [0.717, 1.165) is 41.9 Å². The molecule has 0 amide bonds. The number of nitrogens with zero attached hydrogens (tertiary/aromatic N) is 3. The first-order valence-electron chi connectivity index (χ1n) is 8.83. The summed E-state index contributed by atoms with van der Waals surface area (Å²) in [6.45, 7) is 2.75. The molecular weight excluding hydrogens is 316 g/mol. The molecule has 1 fully saturated rings. The Kier molecular flexibility index (Phi) is 5.93. The van der Waals surface area contributed by atoms with Gasteiger partial charge in [-0.2, -0.15) is 4.98 Å². The van der Waals surface area contributed by atoms with E-state index in [1.165, 1.54) is 25.7 Å². The maximum Gasteiger partial charge on any atom is 0.227 e. The van der Waals surface area contributed by atoms with E-state index < -0.39 is 0 Å². The molecule has 25 heavy (non-hydrogen) atoms. The largest absolute Gasteiger partial charge is 0.493 e. The summed E-state index contributed by atoms with van der Waals surface area (Å²) in [5.41, 5.74) is 1.10. The second kappa shape index (κ2) is 8.55. The molecule has 2 heterocycles. The van der Waals surface area contributed by atoms with Gasteiger partial charge >= 0.3 is 0 Å². The third-order valence-corrected chi connectivity index (χ3v) is 4.45. The van der Waals surface area contributed by atoms with E-state index in [9.17, 15) is 0 Å². The lowest BCUT2D eigenvalue weighted by Gasteiger charge is -2.20. The minimum absolute atomic E-state index is 0.663. The summed E-state index contributed by atoms with van der Waals surface area (Å²) in [4.78, 5) is 11.4. The average Bonchev–Trinajstić information content (AvgIpc) is 2.96. The van der Waals surface area contributed by atoms with Crippen LogP contribution in [-0.2, 0) is 6.54 Å². The molecule has 2 aromatic rings. The molecule has 6 nitrogen and oxygen atoms in total. The fraction of sp³-hybridized carbons (Fsp3) is 0.474. The third kappa shape index (κ3) is 4.53. The molecule has 1 aliphatic heterocycles. The van der Waals surface area contributed by atoms with Gasteiger partial charge in [0.25, 0.3) is 0 Å². The average molecular weight is 342 g/mol. The van der Waals surface area contributed by atoms with Crippen LogP contribution in [-0.4, -0.2) is 37.3 Å². The van der Waals surface area contributed by atoms with E-state index >= 15 is 0 Å². The van der Waals surface area contributed by atoms with Crippen LogP contribution in [0.25, 0.3) is 0 Å². The lowest BCUT2D eigenvalue weighted by atomic mass is 10.2. The quantitative estimate of drug-likeness (QED) is 0.867. The highest BCUT2D eigenvalue weighted by Crippen LogP contribution is 2.27. The van der Waals surface area contributed by atoms with Crippen molar-refractivity contribution in [2.45, 2.75) is 32.2 Å². The predicted molar refractivity (Wildman–Crippen MR) is 99.6 cm³/mol. The second-order valence-electron chi connectivity index (χ2n) is 6.19. The van der Waals surface area contributed by atoms with Crippen molar-refractivity contribution in [1.82, 2.24) is 9.97 Å². The minimum Gasteiger partial charge on any atom is -0.493 e. The Balaban J connectivity index is 1.66. The number of rotatable bonds is 6. The highest BCUT2D eigenvalue weighted by molar-refractivity contribution is 5.45. The first-order chi connectivity index (χ1) is 12.3. The van der Waals surface area contributed by atoms with E-state index in [0.29, 0.717) is 6.54 Å². The van der Waals surface area contributed by atoms with Gasteiger partial charge in [-0.15, -0.1) is 0 Å². The smallest absolute Gasteiger partial charge is 0.227 e. The van der Waals surface area contributed by atoms with Gasteiger partial charge in [0.05, 0.1) is 14.2 Å². The van der Waals surface area contributed by atoms with E-state index in [4.69, 9.17) is 9.47 Å². The predicted octanol–water partition coefficient (Wildman–Crippen LogP) is 3.49. The number of hydrogen-bond acceptors (Lipinski definition) is 6. The van der Waals surface area contributed by atoms with Crippen molar-refractivity contribution < 1.29 is 9.47 Å². The molecule has 0 atom stereocenters. The monoisotopic (exact) mass is 342 g/mol. The molecule has 0 unspecified atom stereocenters. The van der Waals surface area contributed by atoms with Gasteiger partial charge in [0, 0.05) is 25.8 Å². The molecule has 0 bridgehead atoms. The lowest BCUT2D eigenvalue weighted by molar-refractivity contribution is 0.354. The molecular formula is C19H26N4O2. The first kappa shape index (κ1) is 17.3. The van der Waals surface area contributed by atoms with Gasteiger partial charge in [0.15, 0.2) is 11.5 Å². The molecule has 0 saturated carbocycles. The minimum atomic E-state index is 0.663. The summed E-state index contributed by atoms with van der Waals surface area (Å²) in [7, 11) is 3.29. The molecule has 1 aromatic carbocycles. The van der Waals surface area contributed by atoms with Crippen LogP contribution < -0.4 is 19.7 Å². The number of benzene rings is 1. The lowest BCUT2D eigenvalue weighted by Crippen LogP contribution is -2.26. The molecule has 0 radical (unpaired) electrons. The van der Waals surface area contributed by atoms with Gasteiger partial charge in [-0.1, -0.05) is 18.9 Å². The van der Waals surface area contributed by atoms with Gasteiger partial charge in [-0.05, 0) is 36.6 Å². The van der Waals surface area contributed by atoms with Crippen LogP contribution in [0.15, 0.2) is 30.5 Å². The van der Waals surface area contributed by atoms with Crippen molar-refractivity contribution in [2.75, 3.05) is 37.5 Å². The Morgan fingerprint density at radius 1 is 1.00 bits per heavy atom. The summed E-state index contributed by atoms with van der Waals surface area (Å²) in [5.74, 6) is 3.12. The van der Waals surface area contributed by atoms with Crippen molar-refractivity contribution >= 4 is 11.8 Å². The van der Waals surface area contributed by atoms with Gasteiger partial charge in [0.1, 0.15) is 5.82 Å². The number of ether oxygens (including phenoxy) is 2. The van der Waals surface area contributed by atoms with Gasteiger partial charge in [-0.25, -0.2) is 4.98 Å². The molecule has 0 aliphatic carbocycles.